The number of aromatic carboxylic acids is 1. The number of carboxylic acids is 1. The van der Waals surface area contributed by atoms with Gasteiger partial charge in [-0.25, -0.2) is 9.78 Å². The Bertz CT molecular complexity index is 671. The van der Waals surface area contributed by atoms with Crippen LogP contribution >= 0.6 is 0 Å². The van der Waals surface area contributed by atoms with Crippen molar-refractivity contribution in [2.75, 3.05) is 31.1 Å². The molecule has 2 aromatic heterocycles. The summed E-state index contributed by atoms with van der Waals surface area (Å²) >= 11 is 0. The smallest absolute Gasteiger partial charge is 0.354 e. The minimum absolute atomic E-state index is 0.247. The first-order valence-electron chi connectivity index (χ1n) is 6.76. The molecule has 1 aliphatic heterocycles. The monoisotopic (exact) mass is 274 g/mol. The molecular formula is C14H18N4O2. The third kappa shape index (κ3) is 2.02. The molecule has 0 aliphatic carbocycles. The van der Waals surface area contributed by atoms with Gasteiger partial charge in [-0.1, -0.05) is 0 Å². The van der Waals surface area contributed by atoms with Gasteiger partial charge in [0.2, 0.25) is 0 Å². The molecule has 0 amide bonds. The lowest BCUT2D eigenvalue weighted by Gasteiger charge is -2.30. The molecule has 6 nitrogen and oxygen atoms in total. The zero-order chi connectivity index (χ0) is 14.3. The van der Waals surface area contributed by atoms with Gasteiger partial charge in [-0.05, 0) is 25.5 Å². The van der Waals surface area contributed by atoms with Crippen molar-refractivity contribution in [3.05, 3.63) is 29.2 Å². The number of fused-ring (bicyclic) bond motifs is 1. The number of aromatic nitrogens is 2. The first-order chi connectivity index (χ1) is 9.58. The average molecular weight is 274 g/mol. The molecule has 2 N–H and O–H groups in total. The molecule has 1 aliphatic rings. The Hall–Kier alpha value is -2.08. The van der Waals surface area contributed by atoms with Crippen LogP contribution in [0.15, 0.2) is 12.3 Å². The van der Waals surface area contributed by atoms with Crippen LogP contribution in [-0.2, 0) is 0 Å². The number of hydrogen-bond acceptors (Lipinski definition) is 4. The van der Waals surface area contributed by atoms with Crippen LogP contribution in [0.1, 0.15) is 21.7 Å². The van der Waals surface area contributed by atoms with E-state index in [-0.39, 0.29) is 5.69 Å². The highest BCUT2D eigenvalue weighted by Gasteiger charge is 2.19. The number of rotatable bonds is 2. The summed E-state index contributed by atoms with van der Waals surface area (Å²) in [6.45, 7) is 7.54. The highest BCUT2D eigenvalue weighted by atomic mass is 16.4. The van der Waals surface area contributed by atoms with Gasteiger partial charge in [0, 0.05) is 32.4 Å². The predicted molar refractivity (Wildman–Crippen MR) is 76.7 cm³/mol. The molecule has 6 heteroatoms. The Morgan fingerprint density at radius 3 is 2.70 bits per heavy atom. The number of anilines is 1. The molecule has 0 bridgehead atoms. The lowest BCUT2D eigenvalue weighted by atomic mass is 10.2. The highest BCUT2D eigenvalue weighted by Crippen LogP contribution is 2.24. The molecule has 0 spiro atoms. The Labute approximate surface area is 117 Å². The fraction of sp³-hybridized carbons (Fsp3) is 0.429. The van der Waals surface area contributed by atoms with Crippen molar-refractivity contribution in [2.24, 2.45) is 0 Å². The van der Waals surface area contributed by atoms with Crippen LogP contribution in [0.2, 0.25) is 0 Å². The molecule has 0 atom stereocenters. The lowest BCUT2D eigenvalue weighted by molar-refractivity contribution is 0.0688. The molecule has 0 radical (unpaired) electrons. The molecule has 0 saturated carbocycles. The molecule has 106 valence electrons. The number of hydrogen-bond donors (Lipinski definition) is 2. The van der Waals surface area contributed by atoms with Crippen molar-refractivity contribution in [1.29, 1.82) is 0 Å². The number of carboxylic acid groups (broad SMARTS) is 1. The summed E-state index contributed by atoms with van der Waals surface area (Å²) in [4.78, 5) is 18.0. The van der Waals surface area contributed by atoms with Gasteiger partial charge >= 0.3 is 5.97 Å². The molecule has 2 aromatic rings. The van der Waals surface area contributed by atoms with E-state index in [1.165, 1.54) is 0 Å². The van der Waals surface area contributed by atoms with Gasteiger partial charge in [0.15, 0.2) is 5.69 Å². The first-order valence-corrected chi connectivity index (χ1v) is 6.76. The number of aryl methyl sites for hydroxylation is 2. The van der Waals surface area contributed by atoms with E-state index in [1.54, 1.807) is 11.3 Å². The standard InChI is InChI=1S/C14H18N4O2/c1-9-7-12-16-10(2)13(14(19)20)18(12)8-11(9)17-5-3-15-4-6-17/h7-8,15H,3-6H2,1-2H3,(H,19,20). The van der Waals surface area contributed by atoms with E-state index in [2.05, 4.69) is 15.2 Å². The minimum atomic E-state index is -0.940. The molecular weight excluding hydrogens is 256 g/mol. The maximum absolute atomic E-state index is 11.4. The van der Waals surface area contributed by atoms with Crippen molar-refractivity contribution in [3.8, 4) is 0 Å². The van der Waals surface area contributed by atoms with Crippen LogP contribution in [0.5, 0.6) is 0 Å². The van der Waals surface area contributed by atoms with Crippen LogP contribution in [0.4, 0.5) is 5.69 Å². The van der Waals surface area contributed by atoms with Crippen molar-refractivity contribution in [3.63, 3.8) is 0 Å². The van der Waals surface area contributed by atoms with E-state index in [4.69, 9.17) is 0 Å². The van der Waals surface area contributed by atoms with Gasteiger partial charge in [-0.3, -0.25) is 4.40 Å². The summed E-state index contributed by atoms with van der Waals surface area (Å²) in [6.07, 6.45) is 1.90. The van der Waals surface area contributed by atoms with Gasteiger partial charge in [0.05, 0.1) is 11.4 Å². The lowest BCUT2D eigenvalue weighted by Crippen LogP contribution is -2.43. The Balaban J connectivity index is 2.15. The Morgan fingerprint density at radius 1 is 1.35 bits per heavy atom. The minimum Gasteiger partial charge on any atom is -0.477 e. The molecule has 1 fully saturated rings. The molecule has 1 saturated heterocycles. The third-order valence-electron chi connectivity index (χ3n) is 3.77. The fourth-order valence-corrected chi connectivity index (χ4v) is 2.79. The fourth-order valence-electron chi connectivity index (χ4n) is 2.79. The number of imidazole rings is 1. The summed E-state index contributed by atoms with van der Waals surface area (Å²) in [5.41, 5.74) is 3.70. The number of nitrogens with one attached hydrogen (secondary N) is 1. The number of nitrogens with zero attached hydrogens (tertiary/aromatic N) is 3. The van der Waals surface area contributed by atoms with E-state index < -0.39 is 5.97 Å². The topological polar surface area (TPSA) is 69.9 Å². The average Bonchev–Trinajstić information content (AvgIpc) is 2.73. The summed E-state index contributed by atoms with van der Waals surface area (Å²) in [6, 6.07) is 1.96. The third-order valence-corrected chi connectivity index (χ3v) is 3.77. The molecule has 3 heterocycles. The Morgan fingerprint density at radius 2 is 2.05 bits per heavy atom. The molecule has 3 rings (SSSR count). The molecule has 0 unspecified atom stereocenters. The highest BCUT2D eigenvalue weighted by molar-refractivity contribution is 5.88. The number of piperazine rings is 1. The van der Waals surface area contributed by atoms with E-state index in [0.717, 1.165) is 37.4 Å². The second-order valence-corrected chi connectivity index (χ2v) is 5.16. The van der Waals surface area contributed by atoms with Crippen LogP contribution in [0.25, 0.3) is 5.65 Å². The SMILES string of the molecule is Cc1cc2nc(C)c(C(=O)O)n2cc1N1CCNCC1. The molecule has 20 heavy (non-hydrogen) atoms. The zero-order valence-corrected chi connectivity index (χ0v) is 11.7. The van der Waals surface area contributed by atoms with Crippen LogP contribution in [0, 0.1) is 13.8 Å². The molecule has 0 aromatic carbocycles. The summed E-state index contributed by atoms with van der Waals surface area (Å²) < 4.78 is 1.68. The van der Waals surface area contributed by atoms with Gasteiger partial charge in [0.25, 0.3) is 0 Å². The van der Waals surface area contributed by atoms with Crippen LogP contribution in [0.3, 0.4) is 0 Å². The van der Waals surface area contributed by atoms with Gasteiger partial charge in [-0.15, -0.1) is 0 Å². The van der Waals surface area contributed by atoms with Crippen molar-refractivity contribution in [2.45, 2.75) is 13.8 Å². The largest absolute Gasteiger partial charge is 0.477 e. The summed E-state index contributed by atoms with van der Waals surface area (Å²) in [7, 11) is 0. The summed E-state index contributed by atoms with van der Waals surface area (Å²) in [5.74, 6) is -0.940. The van der Waals surface area contributed by atoms with Crippen molar-refractivity contribution in [1.82, 2.24) is 14.7 Å². The maximum Gasteiger partial charge on any atom is 0.354 e. The van der Waals surface area contributed by atoms with E-state index in [1.807, 2.05) is 19.2 Å². The second-order valence-electron chi connectivity index (χ2n) is 5.16. The predicted octanol–water partition coefficient (Wildman–Crippen LogP) is 1.06. The number of carbonyl (C=O) groups is 1. The summed E-state index contributed by atoms with van der Waals surface area (Å²) in [5, 5.41) is 12.7. The van der Waals surface area contributed by atoms with E-state index in [9.17, 15) is 9.90 Å². The zero-order valence-electron chi connectivity index (χ0n) is 11.7. The maximum atomic E-state index is 11.4. The second kappa shape index (κ2) is 4.79. The van der Waals surface area contributed by atoms with Crippen LogP contribution < -0.4 is 10.2 Å². The Kier molecular flexibility index (Phi) is 3.10. The van der Waals surface area contributed by atoms with Crippen LogP contribution in [-0.4, -0.2) is 46.6 Å². The van der Waals surface area contributed by atoms with E-state index in [0.29, 0.717) is 11.3 Å². The normalized spacial score (nSPS) is 15.8. The van der Waals surface area contributed by atoms with E-state index >= 15 is 0 Å². The van der Waals surface area contributed by atoms with Gasteiger partial charge < -0.3 is 15.3 Å². The van der Waals surface area contributed by atoms with Crippen molar-refractivity contribution >= 4 is 17.3 Å². The van der Waals surface area contributed by atoms with Crippen molar-refractivity contribution < 1.29 is 9.90 Å². The first kappa shape index (κ1) is 12.9. The number of pyridine rings is 1. The van der Waals surface area contributed by atoms with Gasteiger partial charge in [-0.2, -0.15) is 0 Å². The van der Waals surface area contributed by atoms with Gasteiger partial charge in [0.1, 0.15) is 5.65 Å². The quantitative estimate of drug-likeness (QED) is 0.857.